The number of sulfone groups is 1. The normalized spacial score (nSPS) is 30.4. The lowest BCUT2D eigenvalue weighted by atomic mass is 9.99. The lowest BCUT2D eigenvalue weighted by Gasteiger charge is -2.30. The van der Waals surface area contributed by atoms with Crippen LogP contribution >= 0.6 is 0 Å². The van der Waals surface area contributed by atoms with Gasteiger partial charge < -0.3 is 14.9 Å². The summed E-state index contributed by atoms with van der Waals surface area (Å²) in [6, 6.07) is -0.245. The third kappa shape index (κ3) is 2.99. The van der Waals surface area contributed by atoms with Crippen LogP contribution in [-0.2, 0) is 14.6 Å². The molecule has 1 N–H and O–H groups in total. The Bertz CT molecular complexity index is 475. The van der Waals surface area contributed by atoms with Crippen molar-refractivity contribution in [3.8, 4) is 0 Å². The maximum Gasteiger partial charge on any atom is 0.320 e. The Morgan fingerprint density at radius 2 is 1.68 bits per heavy atom. The molecule has 2 heterocycles. The van der Waals surface area contributed by atoms with Crippen molar-refractivity contribution in [2.75, 3.05) is 37.7 Å². The number of aliphatic carboxylic acids is 1. The van der Waals surface area contributed by atoms with E-state index in [9.17, 15) is 18.0 Å². The van der Waals surface area contributed by atoms with Crippen molar-refractivity contribution in [1.82, 2.24) is 9.80 Å². The van der Waals surface area contributed by atoms with Crippen LogP contribution in [0.15, 0.2) is 0 Å². The molecule has 2 rings (SSSR count). The molecule has 0 unspecified atom stereocenters. The molecular formula is C11H18N2O5S. The van der Waals surface area contributed by atoms with Gasteiger partial charge in [0.05, 0.1) is 17.4 Å². The maximum atomic E-state index is 12.2. The van der Waals surface area contributed by atoms with Gasteiger partial charge in [0.2, 0.25) is 0 Å². The van der Waals surface area contributed by atoms with Crippen LogP contribution in [0.3, 0.4) is 0 Å². The molecule has 2 saturated heterocycles. The zero-order valence-electron chi connectivity index (χ0n) is 10.8. The highest BCUT2D eigenvalue weighted by Crippen LogP contribution is 2.24. The SMILES string of the molecule is C[C@@H]1CN(C(=O)N2CCS(=O)(=O)CC2)C[C@H]1C(=O)O. The Balaban J connectivity index is 1.97. The molecule has 2 atom stereocenters. The molecule has 108 valence electrons. The van der Waals surface area contributed by atoms with Gasteiger partial charge in [0.15, 0.2) is 9.84 Å². The Hall–Kier alpha value is -1.31. The summed E-state index contributed by atoms with van der Waals surface area (Å²) in [5.41, 5.74) is 0. The molecule has 0 aromatic carbocycles. The van der Waals surface area contributed by atoms with Crippen LogP contribution in [0.1, 0.15) is 6.92 Å². The molecule has 8 heteroatoms. The summed E-state index contributed by atoms with van der Waals surface area (Å²) in [5.74, 6) is -1.51. The Kier molecular flexibility index (Phi) is 3.71. The van der Waals surface area contributed by atoms with Crippen molar-refractivity contribution >= 4 is 21.8 Å². The number of rotatable bonds is 1. The Labute approximate surface area is 112 Å². The molecule has 0 saturated carbocycles. The van der Waals surface area contributed by atoms with Gasteiger partial charge in [-0.05, 0) is 5.92 Å². The van der Waals surface area contributed by atoms with E-state index in [1.165, 1.54) is 9.80 Å². The second kappa shape index (κ2) is 4.99. The predicted molar refractivity (Wildman–Crippen MR) is 67.5 cm³/mol. The quantitative estimate of drug-likeness (QED) is 0.702. The lowest BCUT2D eigenvalue weighted by Crippen LogP contribution is -2.49. The molecule has 0 bridgehead atoms. The van der Waals surface area contributed by atoms with E-state index in [2.05, 4.69) is 0 Å². The van der Waals surface area contributed by atoms with E-state index >= 15 is 0 Å². The first kappa shape index (κ1) is 14.1. The molecule has 2 fully saturated rings. The standard InChI is InChI=1S/C11H18N2O5S/c1-8-6-13(7-9(8)10(14)15)11(16)12-2-4-19(17,18)5-3-12/h8-9H,2-7H2,1H3,(H,14,15)/t8-,9-/m1/s1. The van der Waals surface area contributed by atoms with E-state index in [1.807, 2.05) is 6.92 Å². The highest BCUT2D eigenvalue weighted by molar-refractivity contribution is 7.91. The molecule has 2 amide bonds. The van der Waals surface area contributed by atoms with E-state index in [0.717, 1.165) is 0 Å². The zero-order chi connectivity index (χ0) is 14.2. The van der Waals surface area contributed by atoms with Crippen molar-refractivity contribution in [3.63, 3.8) is 0 Å². The van der Waals surface area contributed by atoms with Crippen molar-refractivity contribution in [2.45, 2.75) is 6.92 Å². The number of hydrogen-bond donors (Lipinski definition) is 1. The minimum Gasteiger partial charge on any atom is -0.481 e. The molecular weight excluding hydrogens is 272 g/mol. The number of carboxylic acids is 1. The van der Waals surface area contributed by atoms with Crippen molar-refractivity contribution in [3.05, 3.63) is 0 Å². The first-order valence-electron chi connectivity index (χ1n) is 6.27. The predicted octanol–water partition coefficient (Wildman–Crippen LogP) is -0.511. The number of carbonyl (C=O) groups is 2. The second-order valence-electron chi connectivity index (χ2n) is 5.25. The zero-order valence-corrected chi connectivity index (χ0v) is 11.6. The summed E-state index contributed by atoms with van der Waals surface area (Å²) in [7, 11) is -3.01. The lowest BCUT2D eigenvalue weighted by molar-refractivity contribution is -0.142. The molecule has 2 aliphatic rings. The summed E-state index contributed by atoms with van der Waals surface area (Å²) >= 11 is 0. The molecule has 2 aliphatic heterocycles. The van der Waals surface area contributed by atoms with Crippen molar-refractivity contribution in [2.24, 2.45) is 11.8 Å². The molecule has 0 aliphatic carbocycles. The van der Waals surface area contributed by atoms with Gasteiger partial charge in [0, 0.05) is 26.2 Å². The fourth-order valence-corrected chi connectivity index (χ4v) is 3.75. The number of carboxylic acid groups (broad SMARTS) is 1. The van der Waals surface area contributed by atoms with Crippen LogP contribution < -0.4 is 0 Å². The van der Waals surface area contributed by atoms with E-state index in [0.29, 0.717) is 6.54 Å². The smallest absolute Gasteiger partial charge is 0.320 e. The van der Waals surface area contributed by atoms with Crippen molar-refractivity contribution in [1.29, 1.82) is 0 Å². The highest BCUT2D eigenvalue weighted by atomic mass is 32.2. The topological polar surface area (TPSA) is 95.0 Å². The molecule has 19 heavy (non-hydrogen) atoms. The molecule has 0 aromatic rings. The maximum absolute atomic E-state index is 12.2. The van der Waals surface area contributed by atoms with Gasteiger partial charge in [-0.15, -0.1) is 0 Å². The Morgan fingerprint density at radius 3 is 2.16 bits per heavy atom. The number of amides is 2. The monoisotopic (exact) mass is 290 g/mol. The summed E-state index contributed by atoms with van der Waals surface area (Å²) in [6.07, 6.45) is 0. The van der Waals surface area contributed by atoms with E-state index in [1.54, 1.807) is 0 Å². The average Bonchev–Trinajstić information content (AvgIpc) is 2.70. The molecule has 0 radical (unpaired) electrons. The van der Waals surface area contributed by atoms with Crippen LogP contribution in [0.4, 0.5) is 4.79 Å². The summed E-state index contributed by atoms with van der Waals surface area (Å²) < 4.78 is 22.6. The third-order valence-corrected chi connectivity index (χ3v) is 5.42. The molecule has 7 nitrogen and oxygen atoms in total. The fraction of sp³-hybridized carbons (Fsp3) is 0.818. The minimum atomic E-state index is -3.01. The Morgan fingerprint density at radius 1 is 1.11 bits per heavy atom. The second-order valence-corrected chi connectivity index (χ2v) is 7.55. The van der Waals surface area contributed by atoms with Gasteiger partial charge in [0.1, 0.15) is 0 Å². The van der Waals surface area contributed by atoms with E-state index < -0.39 is 21.7 Å². The van der Waals surface area contributed by atoms with Crippen molar-refractivity contribution < 1.29 is 23.1 Å². The summed E-state index contributed by atoms with van der Waals surface area (Å²) in [4.78, 5) is 26.2. The van der Waals surface area contributed by atoms with Gasteiger partial charge in [-0.1, -0.05) is 6.92 Å². The van der Waals surface area contributed by atoms with Gasteiger partial charge >= 0.3 is 12.0 Å². The average molecular weight is 290 g/mol. The van der Waals surface area contributed by atoms with Crippen LogP contribution in [0.5, 0.6) is 0 Å². The minimum absolute atomic E-state index is 0.00943. The van der Waals surface area contributed by atoms with Gasteiger partial charge in [-0.3, -0.25) is 4.79 Å². The molecule has 0 aromatic heterocycles. The van der Waals surface area contributed by atoms with E-state index in [-0.39, 0.29) is 43.1 Å². The number of carbonyl (C=O) groups excluding carboxylic acids is 1. The molecule has 0 spiro atoms. The largest absolute Gasteiger partial charge is 0.481 e. The number of nitrogens with zero attached hydrogens (tertiary/aromatic N) is 2. The number of hydrogen-bond acceptors (Lipinski definition) is 4. The number of urea groups is 1. The third-order valence-electron chi connectivity index (χ3n) is 3.81. The van der Waals surface area contributed by atoms with Gasteiger partial charge in [-0.25, -0.2) is 13.2 Å². The van der Waals surface area contributed by atoms with Crippen LogP contribution in [-0.4, -0.2) is 73.0 Å². The van der Waals surface area contributed by atoms with Crippen LogP contribution in [0.2, 0.25) is 0 Å². The van der Waals surface area contributed by atoms with Crippen LogP contribution in [0, 0.1) is 11.8 Å². The van der Waals surface area contributed by atoms with Gasteiger partial charge in [0.25, 0.3) is 0 Å². The van der Waals surface area contributed by atoms with E-state index in [4.69, 9.17) is 5.11 Å². The first-order chi connectivity index (χ1) is 8.80. The summed E-state index contributed by atoms with van der Waals surface area (Å²) in [6.45, 7) is 2.83. The number of likely N-dealkylation sites (tertiary alicyclic amines) is 1. The summed E-state index contributed by atoms with van der Waals surface area (Å²) in [5, 5.41) is 9.03. The fourth-order valence-electron chi connectivity index (χ4n) is 2.55. The highest BCUT2D eigenvalue weighted by Gasteiger charge is 2.39. The van der Waals surface area contributed by atoms with Crippen LogP contribution in [0.25, 0.3) is 0 Å². The van der Waals surface area contributed by atoms with Gasteiger partial charge in [-0.2, -0.15) is 0 Å². The first-order valence-corrected chi connectivity index (χ1v) is 8.09.